The number of fused-ring (bicyclic) bond motifs is 2. The van der Waals surface area contributed by atoms with Gasteiger partial charge in [-0.2, -0.15) is 0 Å². The predicted octanol–water partition coefficient (Wildman–Crippen LogP) is 5.97. The third-order valence-corrected chi connectivity index (χ3v) is 9.87. The average Bonchev–Trinajstić information content (AvgIpc) is 3.02. The van der Waals surface area contributed by atoms with E-state index in [1.807, 2.05) is 0 Å². The van der Waals surface area contributed by atoms with Crippen LogP contribution < -0.4 is 0 Å². The first-order valence-electron chi connectivity index (χ1n) is 8.55. The molecule has 0 saturated carbocycles. The molecule has 0 amide bonds. The molecule has 23 heavy (non-hydrogen) atoms. The van der Waals surface area contributed by atoms with Crippen molar-refractivity contribution >= 4 is 14.1 Å². The van der Waals surface area contributed by atoms with Crippen LogP contribution in [0, 0.1) is 5.92 Å². The highest BCUT2D eigenvalue weighted by molar-refractivity contribution is 6.87. The highest BCUT2D eigenvalue weighted by atomic mass is 28.3. The molecule has 0 fully saturated rings. The Bertz CT molecular complexity index is 827. The van der Waals surface area contributed by atoms with Crippen LogP contribution in [0.1, 0.15) is 30.5 Å². The molecular formula is C22H24Si. The largest absolute Gasteiger partial charge is 0.0930 e. The highest BCUT2D eigenvalue weighted by Gasteiger charge is 2.43. The molecule has 0 saturated heterocycles. The molecule has 0 N–H and O–H groups in total. The summed E-state index contributed by atoms with van der Waals surface area (Å²) in [6.45, 7) is 9.76. The van der Waals surface area contributed by atoms with Gasteiger partial charge in [-0.05, 0) is 30.5 Å². The zero-order valence-electron chi connectivity index (χ0n) is 14.4. The van der Waals surface area contributed by atoms with Crippen LogP contribution in [0.4, 0.5) is 0 Å². The second kappa shape index (κ2) is 5.07. The van der Waals surface area contributed by atoms with E-state index in [1.165, 1.54) is 11.1 Å². The molecular weight excluding hydrogens is 292 g/mol. The molecule has 0 nitrogen and oxygen atoms in total. The summed E-state index contributed by atoms with van der Waals surface area (Å²) in [5.41, 5.74) is 8.18. The molecule has 1 aromatic rings. The van der Waals surface area contributed by atoms with E-state index in [0.717, 1.165) is 0 Å². The smallest absolute Gasteiger partial charge is 0.0732 e. The summed E-state index contributed by atoms with van der Waals surface area (Å²) in [5, 5.41) is 1.68. The number of allylic oxidation sites excluding steroid dienone is 9. The number of benzene rings is 1. The Morgan fingerprint density at radius 3 is 2.61 bits per heavy atom. The summed E-state index contributed by atoms with van der Waals surface area (Å²) in [7, 11) is -1.66. The lowest BCUT2D eigenvalue weighted by molar-refractivity contribution is 1.01. The topological polar surface area (TPSA) is 0 Å². The lowest BCUT2D eigenvalue weighted by Gasteiger charge is -2.35. The van der Waals surface area contributed by atoms with Gasteiger partial charge in [-0.1, -0.05) is 90.2 Å². The van der Waals surface area contributed by atoms with Crippen molar-refractivity contribution in [1.29, 1.82) is 0 Å². The summed E-state index contributed by atoms with van der Waals surface area (Å²) in [5.74, 6) is 0.503. The molecule has 0 aromatic heterocycles. The number of hydrogen-bond acceptors (Lipinski definition) is 0. The summed E-state index contributed by atoms with van der Waals surface area (Å²) in [4.78, 5) is 0. The van der Waals surface area contributed by atoms with E-state index in [0.29, 0.717) is 11.5 Å². The van der Waals surface area contributed by atoms with Crippen LogP contribution in [0.5, 0.6) is 0 Å². The van der Waals surface area contributed by atoms with Gasteiger partial charge in [0.2, 0.25) is 0 Å². The van der Waals surface area contributed by atoms with Crippen LogP contribution in [-0.2, 0) is 0 Å². The lowest BCUT2D eigenvalue weighted by Crippen LogP contribution is -2.38. The molecule has 0 spiro atoms. The minimum atomic E-state index is -1.66. The maximum absolute atomic E-state index is 2.56. The maximum Gasteiger partial charge on any atom is 0.0930 e. The van der Waals surface area contributed by atoms with Gasteiger partial charge in [-0.3, -0.25) is 0 Å². The van der Waals surface area contributed by atoms with E-state index >= 15 is 0 Å². The van der Waals surface area contributed by atoms with Crippen LogP contribution in [0.2, 0.25) is 13.1 Å². The minimum Gasteiger partial charge on any atom is -0.0732 e. The highest BCUT2D eigenvalue weighted by Crippen LogP contribution is 2.49. The van der Waals surface area contributed by atoms with E-state index in [2.05, 4.69) is 87.7 Å². The standard InChI is InChI=1S/C22H24Si/c1-15-13-17-9-5-7-11-19(17)21(15)23(3,4)22-16(2)14-18-10-6-8-12-20(18)22/h5-14,17,22H,1-4H3. The monoisotopic (exact) mass is 316 g/mol. The Labute approximate surface area is 140 Å². The molecule has 0 bridgehead atoms. The molecule has 2 atom stereocenters. The van der Waals surface area contributed by atoms with Crippen LogP contribution in [-0.4, -0.2) is 8.07 Å². The normalized spacial score (nSPS) is 25.4. The molecule has 3 aliphatic carbocycles. The molecule has 0 aliphatic heterocycles. The molecule has 3 aliphatic rings. The Morgan fingerprint density at radius 2 is 1.78 bits per heavy atom. The second-order valence-corrected chi connectivity index (χ2v) is 12.1. The van der Waals surface area contributed by atoms with Crippen LogP contribution >= 0.6 is 0 Å². The quantitative estimate of drug-likeness (QED) is 0.589. The minimum absolute atomic E-state index is 0.503. The Balaban J connectivity index is 1.86. The second-order valence-electron chi connectivity index (χ2n) is 7.62. The summed E-state index contributed by atoms with van der Waals surface area (Å²) >= 11 is 0. The first-order chi connectivity index (χ1) is 11.0. The van der Waals surface area contributed by atoms with Crippen molar-refractivity contribution in [3.8, 4) is 0 Å². The van der Waals surface area contributed by atoms with Crippen LogP contribution in [0.25, 0.3) is 6.08 Å². The van der Waals surface area contributed by atoms with Crippen molar-refractivity contribution < 1.29 is 0 Å². The van der Waals surface area contributed by atoms with E-state index in [9.17, 15) is 0 Å². The van der Waals surface area contributed by atoms with E-state index in [4.69, 9.17) is 0 Å². The third kappa shape index (κ3) is 2.10. The molecule has 116 valence electrons. The van der Waals surface area contributed by atoms with Crippen LogP contribution in [0.15, 0.2) is 76.6 Å². The Hall–Kier alpha value is -1.86. The fourth-order valence-corrected chi connectivity index (χ4v) is 9.64. The van der Waals surface area contributed by atoms with Gasteiger partial charge in [0.25, 0.3) is 0 Å². The summed E-state index contributed by atoms with van der Waals surface area (Å²) < 4.78 is 0. The van der Waals surface area contributed by atoms with Crippen molar-refractivity contribution in [2.75, 3.05) is 0 Å². The van der Waals surface area contributed by atoms with Gasteiger partial charge >= 0.3 is 0 Å². The molecule has 1 aromatic carbocycles. The molecule has 2 unspecified atom stereocenters. The zero-order valence-corrected chi connectivity index (χ0v) is 15.4. The van der Waals surface area contributed by atoms with E-state index in [1.54, 1.807) is 21.9 Å². The van der Waals surface area contributed by atoms with E-state index in [-0.39, 0.29) is 0 Å². The van der Waals surface area contributed by atoms with Gasteiger partial charge in [0.1, 0.15) is 0 Å². The zero-order chi connectivity index (χ0) is 16.2. The number of hydrogen-bond donors (Lipinski definition) is 0. The Kier molecular flexibility index (Phi) is 3.24. The van der Waals surface area contributed by atoms with Gasteiger partial charge in [0, 0.05) is 11.5 Å². The van der Waals surface area contributed by atoms with E-state index < -0.39 is 8.07 Å². The maximum atomic E-state index is 2.56. The molecule has 4 rings (SSSR count). The van der Waals surface area contributed by atoms with Crippen molar-refractivity contribution in [1.82, 2.24) is 0 Å². The van der Waals surface area contributed by atoms with Crippen molar-refractivity contribution in [2.24, 2.45) is 5.92 Å². The van der Waals surface area contributed by atoms with Crippen molar-refractivity contribution in [3.63, 3.8) is 0 Å². The Morgan fingerprint density at radius 1 is 1.00 bits per heavy atom. The number of rotatable bonds is 2. The molecule has 0 radical (unpaired) electrons. The fourth-order valence-electron chi connectivity index (χ4n) is 5.00. The SMILES string of the molecule is CC1=CC2C=CC=CC2=C1[Si](C)(C)C1C(C)=Cc2ccccc21. The van der Waals surface area contributed by atoms with Gasteiger partial charge in [0.05, 0.1) is 8.07 Å². The summed E-state index contributed by atoms with van der Waals surface area (Å²) in [6, 6.07) is 8.97. The summed E-state index contributed by atoms with van der Waals surface area (Å²) in [6.07, 6.45) is 13.9. The predicted molar refractivity (Wildman–Crippen MR) is 103 cm³/mol. The fraction of sp³-hybridized carbons (Fsp3) is 0.273. The van der Waals surface area contributed by atoms with Gasteiger partial charge in [-0.25, -0.2) is 0 Å². The first-order valence-corrected chi connectivity index (χ1v) is 11.6. The van der Waals surface area contributed by atoms with Crippen LogP contribution in [0.3, 0.4) is 0 Å². The van der Waals surface area contributed by atoms with Gasteiger partial charge in [-0.15, -0.1) is 0 Å². The molecule has 0 heterocycles. The van der Waals surface area contributed by atoms with Gasteiger partial charge in [0.15, 0.2) is 0 Å². The average molecular weight is 317 g/mol. The first kappa shape index (κ1) is 14.7. The molecule has 1 heteroatoms. The van der Waals surface area contributed by atoms with Crippen molar-refractivity contribution in [2.45, 2.75) is 32.5 Å². The van der Waals surface area contributed by atoms with Crippen molar-refractivity contribution in [3.05, 3.63) is 87.7 Å². The van der Waals surface area contributed by atoms with Gasteiger partial charge < -0.3 is 0 Å². The third-order valence-electron chi connectivity index (χ3n) is 5.69. The lowest BCUT2D eigenvalue weighted by atomic mass is 9.98.